The Morgan fingerprint density at radius 3 is 2.22 bits per heavy atom. The highest BCUT2D eigenvalue weighted by atomic mass is 35.5. The monoisotopic (exact) mass is 443 g/mol. The quantitative estimate of drug-likeness (QED) is 0.342. The lowest BCUT2D eigenvalue weighted by Gasteiger charge is -2.19. The third-order valence-electron chi connectivity index (χ3n) is 5.54. The topological polar surface area (TPSA) is 46.9 Å². The molecule has 0 unspecified atom stereocenters. The van der Waals surface area contributed by atoms with E-state index in [2.05, 4.69) is 12.2 Å². The van der Waals surface area contributed by atoms with Gasteiger partial charge in [0.15, 0.2) is 0 Å². The van der Waals surface area contributed by atoms with Crippen molar-refractivity contribution in [1.29, 1.82) is 0 Å². The van der Waals surface area contributed by atoms with Crippen molar-refractivity contribution in [3.8, 4) is 22.6 Å². The average molecular weight is 444 g/mol. The molecule has 0 aliphatic carbocycles. The maximum absolute atomic E-state index is 13.7. The maximum atomic E-state index is 13.7. The minimum absolute atomic E-state index is 0.0868. The number of amides is 1. The molecule has 4 aromatic rings. The molecule has 0 saturated carbocycles. The van der Waals surface area contributed by atoms with Gasteiger partial charge in [0, 0.05) is 22.7 Å². The summed E-state index contributed by atoms with van der Waals surface area (Å²) in [6, 6.07) is 27.4. The number of nitrogens with one attached hydrogen (secondary N) is 1. The second-order valence-electron chi connectivity index (χ2n) is 7.60. The van der Waals surface area contributed by atoms with Gasteiger partial charge in [0.2, 0.25) is 0 Å². The molecule has 0 aliphatic heterocycles. The molecule has 4 nitrogen and oxygen atoms in total. The Hall–Kier alpha value is -3.37. The average Bonchev–Trinajstić information content (AvgIpc) is 3.23. The van der Waals surface area contributed by atoms with Crippen LogP contribution in [0.5, 0.6) is 0 Å². The van der Waals surface area contributed by atoms with Crippen LogP contribution in [-0.2, 0) is 6.54 Å². The summed E-state index contributed by atoms with van der Waals surface area (Å²) in [5, 5.41) is 3.84. The van der Waals surface area contributed by atoms with Crippen molar-refractivity contribution < 1.29 is 4.79 Å². The number of carbonyl (C=O) groups excluding carboxylic acids is 1. The number of hydrogen-bond donors (Lipinski definition) is 1. The van der Waals surface area contributed by atoms with Crippen LogP contribution in [0.15, 0.2) is 84.9 Å². The second kappa shape index (κ2) is 9.84. The van der Waals surface area contributed by atoms with E-state index in [1.54, 1.807) is 0 Å². The predicted molar refractivity (Wildman–Crippen MR) is 131 cm³/mol. The molecule has 1 N–H and O–H groups in total. The lowest BCUT2D eigenvalue weighted by atomic mass is 10.0. The van der Waals surface area contributed by atoms with Crippen LogP contribution in [0.3, 0.4) is 0 Å². The van der Waals surface area contributed by atoms with Crippen LogP contribution < -0.4 is 5.32 Å². The normalized spacial score (nSPS) is 11.8. The molecule has 3 aromatic carbocycles. The molecule has 1 aromatic heterocycles. The number of benzene rings is 3. The van der Waals surface area contributed by atoms with Crippen molar-refractivity contribution in [1.82, 2.24) is 14.9 Å². The summed E-state index contributed by atoms with van der Waals surface area (Å²) in [5.74, 6) is 0.619. The molecule has 0 aliphatic rings. The Labute approximate surface area is 193 Å². The fraction of sp³-hybridized carbons (Fsp3) is 0.185. The molecular weight excluding hydrogens is 418 g/mol. The van der Waals surface area contributed by atoms with E-state index >= 15 is 0 Å². The van der Waals surface area contributed by atoms with E-state index in [1.807, 2.05) is 96.4 Å². The van der Waals surface area contributed by atoms with E-state index < -0.39 is 0 Å². The van der Waals surface area contributed by atoms with Crippen molar-refractivity contribution in [2.75, 3.05) is 0 Å². The van der Waals surface area contributed by atoms with Gasteiger partial charge in [0.25, 0.3) is 5.91 Å². The number of imidazole rings is 1. The van der Waals surface area contributed by atoms with Gasteiger partial charge in [-0.25, -0.2) is 4.98 Å². The molecule has 1 atom stereocenters. The summed E-state index contributed by atoms with van der Waals surface area (Å²) in [4.78, 5) is 18.6. The van der Waals surface area contributed by atoms with Gasteiger partial charge in [-0.1, -0.05) is 91.3 Å². The molecule has 0 saturated heterocycles. The predicted octanol–water partition coefficient (Wildman–Crippen LogP) is 6.77. The van der Waals surface area contributed by atoms with Gasteiger partial charge in [-0.15, -0.1) is 0 Å². The first-order valence-corrected chi connectivity index (χ1v) is 11.3. The van der Waals surface area contributed by atoms with Gasteiger partial charge >= 0.3 is 0 Å². The van der Waals surface area contributed by atoms with Crippen molar-refractivity contribution in [3.05, 3.63) is 101 Å². The van der Waals surface area contributed by atoms with Gasteiger partial charge in [-0.2, -0.15) is 0 Å². The lowest BCUT2D eigenvalue weighted by Crippen LogP contribution is -2.30. The SMILES string of the molecule is CC[C@H](NC(=O)c1c(-c2cccc(Cl)c2)nc(-c2ccccc2)n1CC)c1ccccc1. The number of nitrogens with zero attached hydrogens (tertiary/aromatic N) is 2. The summed E-state index contributed by atoms with van der Waals surface area (Å²) in [7, 11) is 0. The highest BCUT2D eigenvalue weighted by Gasteiger charge is 2.26. The number of rotatable bonds is 7. The highest BCUT2D eigenvalue weighted by molar-refractivity contribution is 6.30. The van der Waals surface area contributed by atoms with E-state index in [1.165, 1.54) is 0 Å². The minimum atomic E-state index is -0.146. The molecule has 1 heterocycles. The molecule has 4 rings (SSSR count). The van der Waals surface area contributed by atoms with Crippen LogP contribution in [0.4, 0.5) is 0 Å². The van der Waals surface area contributed by atoms with E-state index in [-0.39, 0.29) is 11.9 Å². The smallest absolute Gasteiger partial charge is 0.270 e. The van der Waals surface area contributed by atoms with Crippen molar-refractivity contribution in [2.24, 2.45) is 0 Å². The molecule has 0 bridgehead atoms. The third-order valence-corrected chi connectivity index (χ3v) is 5.78. The van der Waals surface area contributed by atoms with Crippen LogP contribution in [-0.4, -0.2) is 15.5 Å². The van der Waals surface area contributed by atoms with E-state index in [0.717, 1.165) is 28.9 Å². The standard InChI is InChI=1S/C27H26ClN3O/c1-3-23(19-12-7-5-8-13-19)29-27(32)25-24(21-16-11-17-22(28)18-21)30-26(31(25)4-2)20-14-9-6-10-15-20/h5-18,23H,3-4H2,1-2H3,(H,29,32)/t23-/m0/s1. The van der Waals surface area contributed by atoms with E-state index in [4.69, 9.17) is 16.6 Å². The lowest BCUT2D eigenvalue weighted by molar-refractivity contribution is 0.0927. The summed E-state index contributed by atoms with van der Waals surface area (Å²) in [5.41, 5.74) is 4.04. The molecule has 0 spiro atoms. The molecule has 162 valence electrons. The zero-order valence-corrected chi connectivity index (χ0v) is 19.0. The van der Waals surface area contributed by atoms with Crippen LogP contribution in [0.25, 0.3) is 22.6 Å². The zero-order chi connectivity index (χ0) is 22.5. The fourth-order valence-electron chi connectivity index (χ4n) is 3.97. The van der Waals surface area contributed by atoms with Gasteiger partial charge < -0.3 is 9.88 Å². The highest BCUT2D eigenvalue weighted by Crippen LogP contribution is 2.31. The van der Waals surface area contributed by atoms with Gasteiger partial charge in [-0.05, 0) is 31.0 Å². The van der Waals surface area contributed by atoms with Gasteiger partial charge in [-0.3, -0.25) is 4.79 Å². The Morgan fingerprint density at radius 2 is 1.59 bits per heavy atom. The number of hydrogen-bond acceptors (Lipinski definition) is 2. The number of aromatic nitrogens is 2. The van der Waals surface area contributed by atoms with Crippen molar-refractivity contribution >= 4 is 17.5 Å². The fourth-order valence-corrected chi connectivity index (χ4v) is 4.16. The molecule has 0 radical (unpaired) electrons. The second-order valence-corrected chi connectivity index (χ2v) is 8.03. The van der Waals surface area contributed by atoms with Crippen LogP contribution in [0.1, 0.15) is 42.4 Å². The molecular formula is C27H26ClN3O. The van der Waals surface area contributed by atoms with Gasteiger partial charge in [0.05, 0.1) is 6.04 Å². The Kier molecular flexibility index (Phi) is 6.72. The molecule has 1 amide bonds. The summed E-state index contributed by atoms with van der Waals surface area (Å²) in [6.07, 6.45) is 0.786. The summed E-state index contributed by atoms with van der Waals surface area (Å²) in [6.45, 7) is 4.71. The molecule has 0 fully saturated rings. The summed E-state index contributed by atoms with van der Waals surface area (Å²) < 4.78 is 1.98. The maximum Gasteiger partial charge on any atom is 0.270 e. The number of halogens is 1. The first-order chi connectivity index (χ1) is 15.6. The number of carbonyl (C=O) groups is 1. The largest absolute Gasteiger partial charge is 0.344 e. The molecule has 5 heteroatoms. The van der Waals surface area contributed by atoms with Crippen LogP contribution >= 0.6 is 11.6 Å². The van der Waals surface area contributed by atoms with Crippen molar-refractivity contribution in [2.45, 2.75) is 32.9 Å². The summed E-state index contributed by atoms with van der Waals surface area (Å²) >= 11 is 6.28. The Morgan fingerprint density at radius 1 is 0.938 bits per heavy atom. The Balaban J connectivity index is 1.83. The van der Waals surface area contributed by atoms with Crippen LogP contribution in [0.2, 0.25) is 5.02 Å². The zero-order valence-electron chi connectivity index (χ0n) is 18.3. The van der Waals surface area contributed by atoms with Crippen LogP contribution in [0, 0.1) is 0 Å². The first kappa shape index (κ1) is 21.8. The van der Waals surface area contributed by atoms with E-state index in [0.29, 0.717) is 23.0 Å². The Bertz CT molecular complexity index is 1200. The van der Waals surface area contributed by atoms with E-state index in [9.17, 15) is 4.79 Å². The minimum Gasteiger partial charge on any atom is -0.344 e. The van der Waals surface area contributed by atoms with Crippen molar-refractivity contribution in [3.63, 3.8) is 0 Å². The third kappa shape index (κ3) is 4.46. The van der Waals surface area contributed by atoms with Gasteiger partial charge in [0.1, 0.15) is 17.2 Å². The first-order valence-electron chi connectivity index (χ1n) is 10.9. The molecule has 32 heavy (non-hydrogen) atoms.